The van der Waals surface area contributed by atoms with Gasteiger partial charge in [-0.3, -0.25) is 0 Å². The normalized spacial score (nSPS) is 12.1. The number of para-hydroxylation sites is 1. The first-order valence-corrected chi connectivity index (χ1v) is 17.4. The van der Waals surface area contributed by atoms with Crippen LogP contribution in [0.1, 0.15) is 22.3 Å². The zero-order chi connectivity index (χ0) is 30.5. The van der Waals surface area contributed by atoms with Gasteiger partial charge in [0.2, 0.25) is 0 Å². The van der Waals surface area contributed by atoms with Crippen LogP contribution in [-0.4, -0.2) is 29.3 Å². The third-order valence-electron chi connectivity index (χ3n) is 6.87. The fraction of sp³-hybridized carbons (Fsp3) is 0.0556. The second-order valence-electron chi connectivity index (χ2n) is 10.2. The molecule has 5 rings (SSSR count). The van der Waals surface area contributed by atoms with Gasteiger partial charge in [0.25, 0.3) is 0 Å². The molecular formula is C36H31NO4S2. The van der Waals surface area contributed by atoms with E-state index in [2.05, 4.69) is 65.6 Å². The predicted molar refractivity (Wildman–Crippen MR) is 178 cm³/mol. The molecule has 0 amide bonds. The molecule has 0 unspecified atom stereocenters. The van der Waals surface area contributed by atoms with Crippen LogP contribution >= 0.6 is 0 Å². The molecule has 43 heavy (non-hydrogen) atoms. The fourth-order valence-electron chi connectivity index (χ4n) is 4.53. The molecule has 0 aromatic heterocycles. The van der Waals surface area contributed by atoms with Crippen LogP contribution in [0, 0.1) is 0 Å². The van der Waals surface area contributed by atoms with Gasteiger partial charge in [-0.25, -0.2) is 16.8 Å². The van der Waals surface area contributed by atoms with Crippen LogP contribution in [0.25, 0.3) is 24.3 Å². The van der Waals surface area contributed by atoms with E-state index in [9.17, 15) is 16.8 Å². The number of sulfone groups is 2. The average molecular weight is 606 g/mol. The van der Waals surface area contributed by atoms with Crippen molar-refractivity contribution in [1.82, 2.24) is 0 Å². The van der Waals surface area contributed by atoms with Crippen LogP contribution in [0.15, 0.2) is 137 Å². The summed E-state index contributed by atoms with van der Waals surface area (Å²) in [6.45, 7) is 0. The maximum Gasteiger partial charge on any atom is 0.175 e. The number of benzene rings is 5. The zero-order valence-electron chi connectivity index (χ0n) is 23.8. The maximum atomic E-state index is 11.7. The third kappa shape index (κ3) is 7.77. The second kappa shape index (κ2) is 12.7. The predicted octanol–water partition coefficient (Wildman–Crippen LogP) is 8.30. The van der Waals surface area contributed by atoms with Gasteiger partial charge in [-0.15, -0.1) is 0 Å². The molecule has 0 fully saturated rings. The highest BCUT2D eigenvalue weighted by molar-refractivity contribution is 7.91. The molecule has 5 aromatic carbocycles. The summed E-state index contributed by atoms with van der Waals surface area (Å²) in [5, 5.41) is 0. The number of hydrogen-bond acceptors (Lipinski definition) is 5. The molecule has 0 aliphatic rings. The number of nitrogens with zero attached hydrogens (tertiary/aromatic N) is 1. The molecule has 0 aliphatic heterocycles. The highest BCUT2D eigenvalue weighted by Crippen LogP contribution is 2.34. The van der Waals surface area contributed by atoms with Gasteiger partial charge in [0.15, 0.2) is 19.7 Å². The Labute approximate surface area is 253 Å². The van der Waals surface area contributed by atoms with Crippen LogP contribution in [0.4, 0.5) is 17.1 Å². The van der Waals surface area contributed by atoms with E-state index < -0.39 is 19.7 Å². The van der Waals surface area contributed by atoms with Gasteiger partial charge in [0, 0.05) is 29.6 Å². The lowest BCUT2D eigenvalue weighted by Gasteiger charge is -2.25. The van der Waals surface area contributed by atoms with E-state index in [0.717, 1.165) is 39.3 Å². The van der Waals surface area contributed by atoms with Crippen molar-refractivity contribution >= 4 is 61.0 Å². The summed E-state index contributed by atoms with van der Waals surface area (Å²) in [5.74, 6) is 0. The van der Waals surface area contributed by atoms with Crippen molar-refractivity contribution in [3.63, 3.8) is 0 Å². The molecule has 0 saturated heterocycles. The van der Waals surface area contributed by atoms with Crippen LogP contribution < -0.4 is 4.90 Å². The quantitative estimate of drug-likeness (QED) is 0.158. The number of hydrogen-bond donors (Lipinski definition) is 0. The van der Waals surface area contributed by atoms with Crippen molar-refractivity contribution in [3.8, 4) is 0 Å². The highest BCUT2D eigenvalue weighted by Gasteiger charge is 2.12. The fourth-order valence-corrected chi connectivity index (χ4v) is 5.79. The molecule has 0 aliphatic carbocycles. The molecule has 7 heteroatoms. The van der Waals surface area contributed by atoms with Crippen molar-refractivity contribution in [2.75, 3.05) is 17.4 Å². The summed E-state index contributed by atoms with van der Waals surface area (Å²) in [6, 6.07) is 40.4. The van der Waals surface area contributed by atoms with Gasteiger partial charge in [-0.1, -0.05) is 91.0 Å². The summed E-state index contributed by atoms with van der Waals surface area (Å²) in [7, 11) is -6.43. The lowest BCUT2D eigenvalue weighted by atomic mass is 10.1. The van der Waals surface area contributed by atoms with Crippen LogP contribution in [0.3, 0.4) is 0 Å². The number of anilines is 3. The second-order valence-corrected chi connectivity index (χ2v) is 14.2. The standard InChI is InChI=1S/C36H31NO4S2/c1-42(38,39)35-24-16-30(17-25-35)10-8-28-12-20-33(21-13-28)37(32-6-4-3-5-7-32)34-22-14-29(15-23-34)9-11-31-18-26-36(27-19-31)43(2,40)41/h3-27H,1-2H3/b10-8+,11-9+. The average Bonchev–Trinajstić information content (AvgIpc) is 3.00. The SMILES string of the molecule is CS(=O)(=O)c1ccc(/C=C/c2ccc(N(c3ccccc3)c3ccc(/C=C/c4ccc(S(C)(=O)=O)cc4)cc3)cc2)cc1. The summed E-state index contributed by atoms with van der Waals surface area (Å²) in [5.41, 5.74) is 6.93. The van der Waals surface area contributed by atoms with Gasteiger partial charge >= 0.3 is 0 Å². The topological polar surface area (TPSA) is 71.5 Å². The van der Waals surface area contributed by atoms with E-state index in [1.165, 1.54) is 12.5 Å². The van der Waals surface area contributed by atoms with Crippen LogP contribution in [0.2, 0.25) is 0 Å². The Balaban J connectivity index is 1.35. The Kier molecular flexibility index (Phi) is 8.76. The lowest BCUT2D eigenvalue weighted by molar-refractivity contribution is 0.600. The van der Waals surface area contributed by atoms with Gasteiger partial charge < -0.3 is 4.90 Å². The minimum Gasteiger partial charge on any atom is -0.311 e. The Morgan fingerprint density at radius 2 is 0.674 bits per heavy atom. The van der Waals surface area contributed by atoms with Gasteiger partial charge in [0.05, 0.1) is 9.79 Å². The Hall–Kier alpha value is -4.72. The third-order valence-corrected chi connectivity index (χ3v) is 9.13. The molecule has 0 spiro atoms. The zero-order valence-corrected chi connectivity index (χ0v) is 25.5. The summed E-state index contributed by atoms with van der Waals surface area (Å²) < 4.78 is 46.8. The highest BCUT2D eigenvalue weighted by atomic mass is 32.2. The minimum atomic E-state index is -3.22. The molecule has 216 valence electrons. The molecule has 0 N–H and O–H groups in total. The molecule has 0 atom stereocenters. The van der Waals surface area contributed by atoms with Crippen molar-refractivity contribution in [2.24, 2.45) is 0 Å². The summed E-state index contributed by atoms with van der Waals surface area (Å²) in [4.78, 5) is 2.80. The Bertz CT molecular complexity index is 1830. The van der Waals surface area contributed by atoms with Crippen molar-refractivity contribution in [1.29, 1.82) is 0 Å². The molecule has 0 heterocycles. The van der Waals surface area contributed by atoms with Crippen molar-refractivity contribution in [2.45, 2.75) is 9.79 Å². The molecular weight excluding hydrogens is 575 g/mol. The van der Waals surface area contributed by atoms with E-state index in [4.69, 9.17) is 0 Å². The maximum absolute atomic E-state index is 11.7. The molecule has 5 nitrogen and oxygen atoms in total. The van der Waals surface area contributed by atoms with Crippen molar-refractivity contribution < 1.29 is 16.8 Å². The van der Waals surface area contributed by atoms with Crippen molar-refractivity contribution in [3.05, 3.63) is 150 Å². The monoisotopic (exact) mass is 605 g/mol. The first-order valence-electron chi connectivity index (χ1n) is 13.6. The molecule has 5 aromatic rings. The van der Waals surface area contributed by atoms with Gasteiger partial charge in [-0.2, -0.15) is 0 Å². The van der Waals surface area contributed by atoms with E-state index in [0.29, 0.717) is 9.79 Å². The molecule has 0 radical (unpaired) electrons. The summed E-state index contributed by atoms with van der Waals surface area (Å²) >= 11 is 0. The smallest absolute Gasteiger partial charge is 0.175 e. The number of rotatable bonds is 9. The van der Waals surface area contributed by atoms with E-state index in [1.807, 2.05) is 42.5 Å². The van der Waals surface area contributed by atoms with E-state index >= 15 is 0 Å². The van der Waals surface area contributed by atoms with E-state index in [1.54, 1.807) is 48.5 Å². The summed E-state index contributed by atoms with van der Waals surface area (Å²) in [6.07, 6.45) is 10.3. The first kappa shape index (κ1) is 29.8. The molecule has 0 saturated carbocycles. The van der Waals surface area contributed by atoms with Gasteiger partial charge in [-0.05, 0) is 82.9 Å². The lowest BCUT2D eigenvalue weighted by Crippen LogP contribution is -2.09. The largest absolute Gasteiger partial charge is 0.311 e. The van der Waals surface area contributed by atoms with Crippen LogP contribution in [-0.2, 0) is 19.7 Å². The van der Waals surface area contributed by atoms with E-state index in [-0.39, 0.29) is 0 Å². The minimum absolute atomic E-state index is 0.306. The molecule has 0 bridgehead atoms. The Morgan fingerprint density at radius 3 is 0.977 bits per heavy atom. The Morgan fingerprint density at radius 1 is 0.395 bits per heavy atom. The van der Waals surface area contributed by atoms with Gasteiger partial charge in [0.1, 0.15) is 0 Å². The first-order chi connectivity index (χ1) is 20.6. The van der Waals surface area contributed by atoms with Crippen LogP contribution in [0.5, 0.6) is 0 Å².